The van der Waals surface area contributed by atoms with Crippen LogP contribution < -0.4 is 28.3 Å². The Morgan fingerprint density at radius 2 is 2.12 bits per heavy atom. The van der Waals surface area contributed by atoms with Gasteiger partial charge in [0.05, 0.1) is 6.04 Å². The van der Waals surface area contributed by atoms with Crippen molar-refractivity contribution >= 4 is 23.7 Å². The number of amides is 3. The number of carbonyl (C=O) groups excluding carboxylic acids is 3. The van der Waals surface area contributed by atoms with E-state index in [2.05, 4.69) is 10.3 Å². The molecule has 10 nitrogen and oxygen atoms in total. The van der Waals surface area contributed by atoms with Crippen LogP contribution in [0.1, 0.15) is 32.6 Å². The molecular weight excluding hydrogens is 326 g/mol. The normalized spacial score (nSPS) is 19.4. The second-order valence-electron chi connectivity index (χ2n) is 5.88. The number of guanidine groups is 1. The molecule has 1 rings (SSSR count). The molecule has 10 heteroatoms. The van der Waals surface area contributed by atoms with E-state index < -0.39 is 24.0 Å². The quantitative estimate of drug-likeness (QED) is 0.180. The Labute approximate surface area is 141 Å². The minimum atomic E-state index is -0.789. The molecule has 0 aromatic carbocycles. The molecule has 0 aliphatic carbocycles. The van der Waals surface area contributed by atoms with Crippen molar-refractivity contribution in [2.75, 3.05) is 13.1 Å². The van der Waals surface area contributed by atoms with Crippen molar-refractivity contribution in [2.45, 2.75) is 50.7 Å². The third-order valence-electron chi connectivity index (χ3n) is 3.91. The van der Waals surface area contributed by atoms with Crippen LogP contribution in [0.2, 0.25) is 0 Å². The van der Waals surface area contributed by atoms with Crippen molar-refractivity contribution in [3.8, 4) is 0 Å². The highest BCUT2D eigenvalue weighted by Gasteiger charge is 2.36. The molecule has 0 saturated carbocycles. The minimum absolute atomic E-state index is 0.00486. The first-order valence-corrected chi connectivity index (χ1v) is 7.95. The average molecular weight is 353 g/mol. The molecule has 1 heterocycles. The van der Waals surface area contributed by atoms with E-state index in [9.17, 15) is 14.4 Å². The first-order chi connectivity index (χ1) is 11.2. The van der Waals surface area contributed by atoms with Crippen LogP contribution in [-0.4, -0.2) is 59.8 Å². The molecule has 0 spiro atoms. The van der Waals surface area contributed by atoms with E-state index in [1.54, 1.807) is 0 Å². The van der Waals surface area contributed by atoms with E-state index >= 15 is 0 Å². The SMILES string of the molecule is C[C@@H](NC(=O)[C@@H]1CCCN1[14C](=O)[14C@@H](N)[14CH2][14CH2][14CH2]N=[14C](N)N)C(N)=O. The molecule has 24 heavy (non-hydrogen) atoms. The molecule has 9 N–H and O–H groups in total. The Morgan fingerprint density at radius 1 is 1.46 bits per heavy atom. The Kier molecular flexibility index (Phi) is 7.43. The molecule has 1 aliphatic heterocycles. The number of rotatable bonds is 8. The molecular formula is C14H27N7O3. The van der Waals surface area contributed by atoms with Crippen LogP contribution in [0.3, 0.4) is 0 Å². The molecule has 0 radical (unpaired) electrons. The van der Waals surface area contributed by atoms with Gasteiger partial charge in [-0.1, -0.05) is 0 Å². The van der Waals surface area contributed by atoms with E-state index in [0.29, 0.717) is 38.8 Å². The molecule has 0 aromatic heterocycles. The number of nitrogens with one attached hydrogen (secondary N) is 1. The molecule has 136 valence electrons. The zero-order chi connectivity index (χ0) is 18.3. The summed E-state index contributed by atoms with van der Waals surface area (Å²) in [6, 6.07) is -2.13. The third kappa shape index (κ3) is 5.69. The van der Waals surface area contributed by atoms with Crippen molar-refractivity contribution in [1.29, 1.82) is 0 Å². The highest BCUT2D eigenvalue weighted by atomic mass is 16.4. The summed E-state index contributed by atoms with van der Waals surface area (Å²) in [5.41, 5.74) is 21.5. The molecule has 0 unspecified atom stereocenters. The van der Waals surface area contributed by atoms with Crippen LogP contribution in [0, 0.1) is 0 Å². The van der Waals surface area contributed by atoms with Gasteiger partial charge >= 0.3 is 0 Å². The molecule has 0 bridgehead atoms. The summed E-state index contributed by atoms with van der Waals surface area (Å²) in [6.07, 6.45) is 2.21. The lowest BCUT2D eigenvalue weighted by Gasteiger charge is -2.27. The number of primary amides is 1. The largest absolute Gasteiger partial charge is 0.370 e. The standard InChI is InChI=1S/C14H27N7O3/c1-8(11(16)22)20-12(23)10-5-3-7-21(10)13(24)9(15)4-2-6-19-14(17)18/h8-10H,2-7,15H2,1H3,(H2,16,22)(H,20,23)(H4,17,18,19)/t8-,9+,10+/m1/s1/i2+2,4+2,6+2,9+2,13+2,14+2. The van der Waals surface area contributed by atoms with E-state index in [1.807, 2.05) is 0 Å². The van der Waals surface area contributed by atoms with Crippen molar-refractivity contribution in [3.63, 3.8) is 0 Å². The van der Waals surface area contributed by atoms with E-state index in [-0.39, 0.29) is 17.8 Å². The summed E-state index contributed by atoms with van der Waals surface area (Å²) < 4.78 is 0. The van der Waals surface area contributed by atoms with Gasteiger partial charge in [-0.15, -0.1) is 0 Å². The van der Waals surface area contributed by atoms with Gasteiger partial charge in [0.25, 0.3) is 0 Å². The van der Waals surface area contributed by atoms with Crippen molar-refractivity contribution < 1.29 is 14.4 Å². The van der Waals surface area contributed by atoms with E-state index in [0.717, 1.165) is 0 Å². The van der Waals surface area contributed by atoms with Crippen LogP contribution in [0.25, 0.3) is 0 Å². The van der Waals surface area contributed by atoms with Gasteiger partial charge in [-0.25, -0.2) is 0 Å². The first kappa shape index (κ1) is 19.7. The number of nitrogens with zero attached hydrogens (tertiary/aromatic N) is 2. The predicted molar refractivity (Wildman–Crippen MR) is 89.4 cm³/mol. The maximum absolute atomic E-state index is 12.5. The number of likely N-dealkylation sites (tertiary alicyclic amines) is 1. The number of nitrogens with two attached hydrogens (primary N) is 4. The molecule has 3 atom stereocenters. The molecule has 3 amide bonds. The Balaban J connectivity index is 2.56. The van der Waals surface area contributed by atoms with Gasteiger partial charge in [0.2, 0.25) is 17.7 Å². The smallest absolute Gasteiger partial charge is 0.243 e. The minimum Gasteiger partial charge on any atom is -0.370 e. The van der Waals surface area contributed by atoms with Crippen LogP contribution >= 0.6 is 0 Å². The number of hydrogen-bond acceptors (Lipinski definition) is 5. The van der Waals surface area contributed by atoms with Crippen LogP contribution in [0.4, 0.5) is 0 Å². The second-order valence-corrected chi connectivity index (χ2v) is 5.88. The maximum atomic E-state index is 12.5. The van der Waals surface area contributed by atoms with Gasteiger partial charge in [0, 0.05) is 13.1 Å². The summed E-state index contributed by atoms with van der Waals surface area (Å²) >= 11 is 0. The molecule has 0 aromatic rings. The fraction of sp³-hybridized carbons (Fsp3) is 0.714. The zero-order valence-electron chi connectivity index (χ0n) is 13.9. The van der Waals surface area contributed by atoms with Crippen LogP contribution in [-0.2, 0) is 14.4 Å². The Bertz CT molecular complexity index is 505. The van der Waals surface area contributed by atoms with Gasteiger partial charge in [-0.3, -0.25) is 19.4 Å². The third-order valence-corrected chi connectivity index (χ3v) is 3.91. The molecule has 1 aliphatic rings. The summed E-state index contributed by atoms with van der Waals surface area (Å²) in [4.78, 5) is 41.0. The maximum Gasteiger partial charge on any atom is 0.243 e. The summed E-state index contributed by atoms with van der Waals surface area (Å²) in [6.45, 7) is 2.35. The van der Waals surface area contributed by atoms with Crippen molar-refractivity contribution in [1.82, 2.24) is 10.2 Å². The molecule has 1 fully saturated rings. The van der Waals surface area contributed by atoms with E-state index in [4.69, 9.17) is 22.9 Å². The van der Waals surface area contributed by atoms with Gasteiger partial charge in [0.1, 0.15) is 12.1 Å². The van der Waals surface area contributed by atoms with Crippen LogP contribution in [0.15, 0.2) is 4.99 Å². The summed E-state index contributed by atoms with van der Waals surface area (Å²) in [5.74, 6) is -1.31. The Hall–Kier alpha value is -2.36. The van der Waals surface area contributed by atoms with Crippen LogP contribution in [0.5, 0.6) is 0 Å². The van der Waals surface area contributed by atoms with Crippen molar-refractivity contribution in [2.24, 2.45) is 27.9 Å². The van der Waals surface area contributed by atoms with Gasteiger partial charge in [0.15, 0.2) is 5.96 Å². The lowest BCUT2D eigenvalue weighted by atomic mass is 10.2. The van der Waals surface area contributed by atoms with E-state index in [1.165, 1.54) is 11.8 Å². The van der Waals surface area contributed by atoms with Gasteiger partial charge in [-0.2, -0.15) is 0 Å². The fourth-order valence-corrected chi connectivity index (χ4v) is 2.54. The lowest BCUT2D eigenvalue weighted by Crippen LogP contribution is -2.54. The topological polar surface area (TPSA) is 183 Å². The Morgan fingerprint density at radius 3 is 2.71 bits per heavy atom. The monoisotopic (exact) mass is 353 g/mol. The highest BCUT2D eigenvalue weighted by molar-refractivity contribution is 5.92. The number of hydrogen-bond donors (Lipinski definition) is 5. The zero-order valence-corrected chi connectivity index (χ0v) is 13.9. The first-order valence-electron chi connectivity index (χ1n) is 7.95. The fourth-order valence-electron chi connectivity index (χ4n) is 2.54. The summed E-state index contributed by atoms with van der Waals surface area (Å²) in [7, 11) is 0. The van der Waals surface area contributed by atoms with Gasteiger partial charge < -0.3 is 33.2 Å². The summed E-state index contributed by atoms with van der Waals surface area (Å²) in [5, 5.41) is 2.52. The number of carbonyl (C=O) groups is 3. The highest BCUT2D eigenvalue weighted by Crippen LogP contribution is 2.19. The van der Waals surface area contributed by atoms with Crippen molar-refractivity contribution in [3.05, 3.63) is 0 Å². The predicted octanol–water partition coefficient (Wildman–Crippen LogP) is -2.65. The number of aliphatic imine (C=N–C) groups is 1. The average Bonchev–Trinajstić information content (AvgIpc) is 2.99. The second kappa shape index (κ2) is 9.06. The molecule has 1 saturated heterocycles. The lowest BCUT2D eigenvalue weighted by molar-refractivity contribution is -0.140. The van der Waals surface area contributed by atoms with Gasteiger partial charge in [-0.05, 0) is 32.6 Å².